The molecule has 0 saturated heterocycles. The summed E-state index contributed by atoms with van der Waals surface area (Å²) in [6.45, 7) is 3.96. The first-order valence-electron chi connectivity index (χ1n) is 2.19. The fourth-order valence-corrected chi connectivity index (χ4v) is 0.183. The van der Waals surface area contributed by atoms with E-state index in [2.05, 4.69) is 16.7 Å². The molecule has 0 radical (unpaired) electrons. The van der Waals surface area contributed by atoms with Crippen molar-refractivity contribution >= 4 is 12.7 Å². The Morgan fingerprint density at radius 2 is 2.11 bits per heavy atom. The van der Waals surface area contributed by atoms with E-state index in [0.717, 1.165) is 6.92 Å². The van der Waals surface area contributed by atoms with Crippen LogP contribution in [0.1, 0.15) is 6.92 Å². The van der Waals surface area contributed by atoms with Crippen LogP contribution in [0.2, 0.25) is 0 Å². The monoisotopic (exact) mass is 132 g/mol. The van der Waals surface area contributed by atoms with Crippen LogP contribution in [-0.4, -0.2) is 12.7 Å². The maximum atomic E-state index is 11.9. The summed E-state index contributed by atoms with van der Waals surface area (Å²) in [5.41, 5.74) is 0. The van der Waals surface area contributed by atoms with Crippen LogP contribution >= 0.6 is 0 Å². The van der Waals surface area contributed by atoms with E-state index < -0.39 is 11.9 Å². The zero-order valence-corrected chi connectivity index (χ0v) is 4.93. The average molecular weight is 132 g/mol. The first kappa shape index (κ1) is 7.94. The first-order chi connectivity index (χ1) is 4.16. The van der Waals surface area contributed by atoms with Gasteiger partial charge in [0.1, 0.15) is 0 Å². The number of hydrogen-bond acceptors (Lipinski definition) is 2. The summed E-state index contributed by atoms with van der Waals surface area (Å²) < 4.78 is 23.5. The number of nitrogens with zero attached hydrogens (tertiary/aromatic N) is 2. The van der Waals surface area contributed by atoms with Crippen molar-refractivity contribution in [2.45, 2.75) is 6.92 Å². The van der Waals surface area contributed by atoms with Crippen LogP contribution in [-0.2, 0) is 0 Å². The Labute approximate surface area is 51.6 Å². The van der Waals surface area contributed by atoms with Crippen LogP contribution in [0.4, 0.5) is 8.78 Å². The molecule has 0 aliphatic rings. The first-order valence-corrected chi connectivity index (χ1v) is 2.19. The molecule has 50 valence electrons. The van der Waals surface area contributed by atoms with Gasteiger partial charge in [-0.15, -0.1) is 0 Å². The minimum absolute atomic E-state index is 0.655. The van der Waals surface area contributed by atoms with E-state index >= 15 is 0 Å². The molecule has 0 aromatic rings. The summed E-state index contributed by atoms with van der Waals surface area (Å²) in [4.78, 5) is 5.81. The predicted octanol–water partition coefficient (Wildman–Crippen LogP) is 1.84. The molecular weight excluding hydrogens is 126 g/mol. The molecular formula is C5H6F2N2. The third-order valence-corrected chi connectivity index (χ3v) is 0.500. The van der Waals surface area contributed by atoms with Crippen molar-refractivity contribution in [1.29, 1.82) is 0 Å². The molecule has 0 aliphatic heterocycles. The molecule has 0 fully saturated rings. The smallest absolute Gasteiger partial charge is 0.230 e. The van der Waals surface area contributed by atoms with Crippen LogP contribution in [0.3, 0.4) is 0 Å². The Balaban J connectivity index is 3.98. The van der Waals surface area contributed by atoms with Gasteiger partial charge in [0.05, 0.1) is 6.20 Å². The molecule has 0 aliphatic carbocycles. The van der Waals surface area contributed by atoms with Gasteiger partial charge < -0.3 is 0 Å². The second-order valence-corrected chi connectivity index (χ2v) is 1.24. The quantitative estimate of drug-likeness (QED) is 0.404. The van der Waals surface area contributed by atoms with E-state index in [1.165, 1.54) is 0 Å². The van der Waals surface area contributed by atoms with Gasteiger partial charge in [-0.2, -0.15) is 8.78 Å². The SMILES string of the molecule is C=N/C(F)=C\N=C(C)F. The van der Waals surface area contributed by atoms with E-state index in [1.807, 2.05) is 0 Å². The van der Waals surface area contributed by atoms with Crippen molar-refractivity contribution in [3.8, 4) is 0 Å². The van der Waals surface area contributed by atoms with Crippen molar-refractivity contribution < 1.29 is 8.78 Å². The highest BCUT2D eigenvalue weighted by Crippen LogP contribution is 1.95. The molecule has 0 saturated carbocycles. The van der Waals surface area contributed by atoms with Crippen molar-refractivity contribution in [2.75, 3.05) is 0 Å². The lowest BCUT2D eigenvalue weighted by Crippen LogP contribution is -1.73. The summed E-state index contributed by atoms with van der Waals surface area (Å²) in [5, 5.41) is 0. The lowest BCUT2D eigenvalue weighted by molar-refractivity contribution is 0.626. The van der Waals surface area contributed by atoms with E-state index in [1.54, 1.807) is 0 Å². The van der Waals surface area contributed by atoms with Crippen LogP contribution in [0.25, 0.3) is 0 Å². The molecule has 4 heteroatoms. The summed E-state index contributed by atoms with van der Waals surface area (Å²) in [6, 6.07) is 0. The summed E-state index contributed by atoms with van der Waals surface area (Å²) in [5.74, 6) is -1.61. The molecule has 0 aromatic heterocycles. The fourth-order valence-electron chi connectivity index (χ4n) is 0.183. The number of halogens is 2. The van der Waals surface area contributed by atoms with Gasteiger partial charge in [-0.1, -0.05) is 0 Å². The maximum Gasteiger partial charge on any atom is 0.230 e. The summed E-state index contributed by atoms with van der Waals surface area (Å²) >= 11 is 0. The Hall–Kier alpha value is -1.06. The predicted molar refractivity (Wildman–Crippen MR) is 33.0 cm³/mol. The molecule has 2 nitrogen and oxygen atoms in total. The normalized spacial score (nSPS) is 13.7. The maximum absolute atomic E-state index is 11.9. The molecule has 0 spiro atoms. The fraction of sp³-hybridized carbons (Fsp3) is 0.200. The highest BCUT2D eigenvalue weighted by Gasteiger charge is 1.83. The van der Waals surface area contributed by atoms with Crippen molar-refractivity contribution in [1.82, 2.24) is 0 Å². The highest BCUT2D eigenvalue weighted by molar-refractivity contribution is 5.72. The highest BCUT2D eigenvalue weighted by atomic mass is 19.1. The molecule has 9 heavy (non-hydrogen) atoms. The minimum Gasteiger partial charge on any atom is -0.235 e. The number of hydrogen-bond donors (Lipinski definition) is 0. The third-order valence-electron chi connectivity index (χ3n) is 0.500. The molecule has 0 N–H and O–H groups in total. The summed E-state index contributed by atoms with van der Waals surface area (Å²) in [7, 11) is 0. The topological polar surface area (TPSA) is 24.7 Å². The molecule has 0 heterocycles. The molecule has 0 bridgehead atoms. The standard InChI is InChI=1S/C5H6F2N2/c1-4(6)9-3-5(7)8-2/h3H,2H2,1H3/b5-3-,9-4?. The van der Waals surface area contributed by atoms with Crippen LogP contribution in [0.15, 0.2) is 22.1 Å². The Morgan fingerprint density at radius 3 is 2.44 bits per heavy atom. The van der Waals surface area contributed by atoms with Gasteiger partial charge in [-0.3, -0.25) is 0 Å². The molecule has 0 atom stereocenters. The average Bonchev–Trinajstić information content (AvgIpc) is 1.83. The zero-order valence-electron chi connectivity index (χ0n) is 4.93. The third kappa shape index (κ3) is 4.80. The van der Waals surface area contributed by atoms with E-state index in [4.69, 9.17) is 0 Å². The second-order valence-electron chi connectivity index (χ2n) is 1.24. The largest absolute Gasteiger partial charge is 0.235 e. The zero-order chi connectivity index (χ0) is 7.28. The summed E-state index contributed by atoms with van der Waals surface area (Å²) in [6.07, 6.45) is 0.655. The van der Waals surface area contributed by atoms with Gasteiger partial charge in [0.25, 0.3) is 0 Å². The molecule has 0 amide bonds. The van der Waals surface area contributed by atoms with E-state index in [9.17, 15) is 8.78 Å². The second kappa shape index (κ2) is 3.88. The van der Waals surface area contributed by atoms with Gasteiger partial charge in [0, 0.05) is 6.92 Å². The van der Waals surface area contributed by atoms with Gasteiger partial charge in [-0.05, 0) is 6.72 Å². The number of aliphatic imine (C=N–C) groups is 2. The molecule has 0 rings (SSSR count). The van der Waals surface area contributed by atoms with Gasteiger partial charge >= 0.3 is 0 Å². The lowest BCUT2D eigenvalue weighted by Gasteiger charge is -1.79. The van der Waals surface area contributed by atoms with E-state index in [0.29, 0.717) is 6.20 Å². The van der Waals surface area contributed by atoms with Gasteiger partial charge in [-0.25, -0.2) is 9.98 Å². The van der Waals surface area contributed by atoms with Crippen LogP contribution < -0.4 is 0 Å². The van der Waals surface area contributed by atoms with Gasteiger partial charge in [0.2, 0.25) is 5.95 Å². The molecule has 0 aromatic carbocycles. The Morgan fingerprint density at radius 1 is 1.56 bits per heavy atom. The lowest BCUT2D eigenvalue weighted by atomic mass is 10.8. The Bertz CT molecular complexity index is 156. The molecule has 0 unspecified atom stereocenters. The van der Waals surface area contributed by atoms with Crippen LogP contribution in [0.5, 0.6) is 0 Å². The number of rotatable bonds is 2. The Kier molecular flexibility index (Phi) is 3.43. The van der Waals surface area contributed by atoms with Gasteiger partial charge in [0.15, 0.2) is 5.97 Å². The van der Waals surface area contributed by atoms with Crippen molar-refractivity contribution in [3.05, 3.63) is 12.2 Å². The van der Waals surface area contributed by atoms with Crippen molar-refractivity contribution in [2.24, 2.45) is 9.98 Å². The van der Waals surface area contributed by atoms with Crippen LogP contribution in [0, 0.1) is 0 Å². The minimum atomic E-state index is -0.896. The van der Waals surface area contributed by atoms with E-state index in [-0.39, 0.29) is 0 Å². The van der Waals surface area contributed by atoms with Crippen molar-refractivity contribution in [3.63, 3.8) is 0 Å².